The van der Waals surface area contributed by atoms with Crippen molar-refractivity contribution in [3.63, 3.8) is 0 Å². The Morgan fingerprint density at radius 1 is 1.48 bits per heavy atom. The van der Waals surface area contributed by atoms with Crippen molar-refractivity contribution in [2.45, 2.75) is 38.3 Å². The maximum atomic E-state index is 10.9. The Kier molecular flexibility index (Phi) is 3.29. The van der Waals surface area contributed by atoms with Gasteiger partial charge in [0.25, 0.3) is 5.69 Å². The van der Waals surface area contributed by atoms with Gasteiger partial charge in [0.15, 0.2) is 5.84 Å². The number of hydrogen-bond acceptors (Lipinski definition) is 6. The van der Waals surface area contributed by atoms with Crippen LogP contribution in [0.15, 0.2) is 29.4 Å². The van der Waals surface area contributed by atoms with Crippen LogP contribution in [0.3, 0.4) is 0 Å². The Hall–Kier alpha value is -2.15. The van der Waals surface area contributed by atoms with E-state index >= 15 is 0 Å². The van der Waals surface area contributed by atoms with Crippen LogP contribution in [0, 0.1) is 16.0 Å². The van der Waals surface area contributed by atoms with E-state index < -0.39 is 10.6 Å². The summed E-state index contributed by atoms with van der Waals surface area (Å²) < 4.78 is 0. The average Bonchev–Trinajstić information content (AvgIpc) is 2.80. The van der Waals surface area contributed by atoms with Crippen LogP contribution in [-0.2, 0) is 4.84 Å². The molecule has 3 rings (SSSR count). The van der Waals surface area contributed by atoms with E-state index in [-0.39, 0.29) is 5.69 Å². The molecule has 0 atom stereocenters. The summed E-state index contributed by atoms with van der Waals surface area (Å²) in [4.78, 5) is 16.1. The number of benzene rings is 1. The summed E-state index contributed by atoms with van der Waals surface area (Å²) in [7, 11) is 0. The number of nitro groups is 1. The number of nitro benzene ring substituents is 1. The Morgan fingerprint density at radius 3 is 2.86 bits per heavy atom. The van der Waals surface area contributed by atoms with Gasteiger partial charge in [-0.3, -0.25) is 10.1 Å². The zero-order valence-corrected chi connectivity index (χ0v) is 11.9. The molecule has 7 nitrogen and oxygen atoms in total. The van der Waals surface area contributed by atoms with E-state index in [1.54, 1.807) is 12.1 Å². The molecular weight excluding hydrogens is 272 g/mol. The Morgan fingerprint density at radius 2 is 2.19 bits per heavy atom. The van der Waals surface area contributed by atoms with Crippen molar-refractivity contribution in [2.75, 3.05) is 0 Å². The van der Waals surface area contributed by atoms with Crippen LogP contribution in [-0.4, -0.2) is 21.5 Å². The summed E-state index contributed by atoms with van der Waals surface area (Å²) >= 11 is 0. The van der Waals surface area contributed by atoms with E-state index in [2.05, 4.69) is 12.1 Å². The van der Waals surface area contributed by atoms with Crippen LogP contribution in [0.2, 0.25) is 0 Å². The first-order valence-corrected chi connectivity index (χ1v) is 7.08. The molecule has 7 heteroatoms. The third-order valence-electron chi connectivity index (χ3n) is 4.34. The molecule has 0 unspecified atom stereocenters. The quantitative estimate of drug-likeness (QED) is 0.512. The highest BCUT2D eigenvalue weighted by molar-refractivity contribution is 5.99. The van der Waals surface area contributed by atoms with Gasteiger partial charge < -0.3 is 4.84 Å². The fourth-order valence-electron chi connectivity index (χ4n) is 2.90. The van der Waals surface area contributed by atoms with Crippen molar-refractivity contribution in [1.29, 1.82) is 0 Å². The number of amidine groups is 1. The monoisotopic (exact) mass is 290 g/mol. The normalized spacial score (nSPS) is 28.4. The van der Waals surface area contributed by atoms with Crippen LogP contribution in [0.1, 0.15) is 38.2 Å². The molecule has 112 valence electrons. The fraction of sp³-hybridized carbons (Fsp3) is 0.500. The van der Waals surface area contributed by atoms with Gasteiger partial charge in [-0.2, -0.15) is 0 Å². The Balaban J connectivity index is 1.85. The second kappa shape index (κ2) is 5.00. The molecule has 0 saturated heterocycles. The van der Waals surface area contributed by atoms with Gasteiger partial charge in [-0.1, -0.05) is 24.2 Å². The first-order valence-electron chi connectivity index (χ1n) is 7.08. The second-order valence-electron chi connectivity index (χ2n) is 5.81. The molecule has 2 N–H and O–H groups in total. The van der Waals surface area contributed by atoms with Crippen molar-refractivity contribution in [2.24, 2.45) is 16.9 Å². The number of nitrogens with zero attached hydrogens (tertiary/aromatic N) is 3. The lowest BCUT2D eigenvalue weighted by Gasteiger charge is -2.38. The molecule has 1 aliphatic carbocycles. The zero-order chi connectivity index (χ0) is 15.0. The first kappa shape index (κ1) is 13.8. The van der Waals surface area contributed by atoms with Gasteiger partial charge >= 0.3 is 0 Å². The third-order valence-corrected chi connectivity index (χ3v) is 4.34. The van der Waals surface area contributed by atoms with Gasteiger partial charge in [0.1, 0.15) is 0 Å². The van der Waals surface area contributed by atoms with Crippen molar-refractivity contribution in [3.8, 4) is 0 Å². The highest BCUT2D eigenvalue weighted by Gasteiger charge is 2.47. The lowest BCUT2D eigenvalue weighted by atomic mass is 9.84. The minimum absolute atomic E-state index is 0.0156. The van der Waals surface area contributed by atoms with Crippen molar-refractivity contribution in [1.82, 2.24) is 5.01 Å². The minimum Gasteiger partial charge on any atom is -0.364 e. The van der Waals surface area contributed by atoms with Crippen LogP contribution in [0.4, 0.5) is 5.69 Å². The molecule has 0 aromatic heterocycles. The van der Waals surface area contributed by atoms with Gasteiger partial charge in [-0.25, -0.2) is 10.9 Å². The predicted octanol–water partition coefficient (Wildman–Crippen LogP) is 2.37. The average molecular weight is 290 g/mol. The van der Waals surface area contributed by atoms with Gasteiger partial charge in [0.2, 0.25) is 5.72 Å². The number of non-ortho nitro benzene ring substituents is 1. The number of hydrogen-bond donors (Lipinski definition) is 1. The summed E-state index contributed by atoms with van der Waals surface area (Å²) in [6, 6.07) is 6.28. The van der Waals surface area contributed by atoms with E-state index in [1.165, 1.54) is 17.1 Å². The lowest BCUT2D eigenvalue weighted by molar-refractivity contribution is -0.384. The van der Waals surface area contributed by atoms with E-state index in [0.29, 0.717) is 17.3 Å². The predicted molar refractivity (Wildman–Crippen MR) is 77.1 cm³/mol. The van der Waals surface area contributed by atoms with Crippen molar-refractivity contribution < 1.29 is 9.76 Å². The molecule has 0 radical (unpaired) electrons. The van der Waals surface area contributed by atoms with E-state index in [1.807, 2.05) is 0 Å². The summed E-state index contributed by atoms with van der Waals surface area (Å²) in [6.45, 7) is 2.21. The minimum atomic E-state index is -0.591. The number of hydrazine groups is 1. The van der Waals surface area contributed by atoms with Crippen molar-refractivity contribution >= 4 is 11.5 Å². The first-order chi connectivity index (χ1) is 10.0. The van der Waals surface area contributed by atoms with Crippen LogP contribution >= 0.6 is 0 Å². The maximum Gasteiger partial charge on any atom is 0.270 e. The molecule has 21 heavy (non-hydrogen) atoms. The highest BCUT2D eigenvalue weighted by Crippen LogP contribution is 2.40. The second-order valence-corrected chi connectivity index (χ2v) is 5.81. The van der Waals surface area contributed by atoms with E-state index in [4.69, 9.17) is 10.7 Å². The maximum absolute atomic E-state index is 10.9. The van der Waals surface area contributed by atoms with E-state index in [9.17, 15) is 10.1 Å². The summed E-state index contributed by atoms with van der Waals surface area (Å²) in [6.07, 6.45) is 3.69. The van der Waals surface area contributed by atoms with Crippen LogP contribution in [0.5, 0.6) is 0 Å². The molecule has 1 heterocycles. The molecule has 2 aliphatic rings. The molecule has 1 aromatic carbocycles. The standard InChI is InChI=1S/C14H18N4O3/c1-10-5-7-14(8-6-10)17(15)13(16-21-14)11-3-2-4-12(9-11)18(19)20/h2-4,9-10H,5-8,15H2,1H3. The Labute approximate surface area is 122 Å². The number of nitrogens with two attached hydrogens (primary N) is 1. The topological polar surface area (TPSA) is 94.0 Å². The molecule has 1 spiro atoms. The summed E-state index contributed by atoms with van der Waals surface area (Å²) in [5.41, 5.74) is 0.0240. The van der Waals surface area contributed by atoms with Gasteiger partial charge in [-0.15, -0.1) is 0 Å². The van der Waals surface area contributed by atoms with Gasteiger partial charge in [0.05, 0.1) is 4.92 Å². The van der Waals surface area contributed by atoms with Crippen molar-refractivity contribution in [3.05, 3.63) is 39.9 Å². The molecule has 1 saturated carbocycles. The van der Waals surface area contributed by atoms with Crippen LogP contribution < -0.4 is 5.84 Å². The number of rotatable bonds is 2. The summed E-state index contributed by atoms with van der Waals surface area (Å²) in [5, 5.41) is 16.5. The highest BCUT2D eigenvalue weighted by atomic mass is 16.7. The molecule has 1 aromatic rings. The Bertz CT molecular complexity index is 594. The largest absolute Gasteiger partial charge is 0.364 e. The zero-order valence-electron chi connectivity index (χ0n) is 11.9. The molecule has 1 fully saturated rings. The molecule has 0 bridgehead atoms. The third kappa shape index (κ3) is 2.33. The SMILES string of the molecule is CC1CCC2(CC1)ON=C(c1cccc([N+](=O)[O-])c1)N2N. The molecule has 1 aliphatic heterocycles. The molecule has 0 amide bonds. The van der Waals surface area contributed by atoms with E-state index in [0.717, 1.165) is 25.7 Å². The summed E-state index contributed by atoms with van der Waals surface area (Å²) in [5.74, 6) is 7.31. The lowest BCUT2D eigenvalue weighted by Crippen LogP contribution is -2.54. The smallest absolute Gasteiger partial charge is 0.270 e. The van der Waals surface area contributed by atoms with Crippen LogP contribution in [0.25, 0.3) is 0 Å². The molecular formula is C14H18N4O3. The van der Waals surface area contributed by atoms with Gasteiger partial charge in [-0.05, 0) is 18.8 Å². The fourth-order valence-corrected chi connectivity index (χ4v) is 2.90. The van der Waals surface area contributed by atoms with Gasteiger partial charge in [0, 0.05) is 30.5 Å². The number of oxime groups is 1.